The summed E-state index contributed by atoms with van der Waals surface area (Å²) in [5.74, 6) is -1.10. The summed E-state index contributed by atoms with van der Waals surface area (Å²) in [4.78, 5) is 1.99. The van der Waals surface area contributed by atoms with E-state index >= 15 is 0 Å². The van der Waals surface area contributed by atoms with E-state index in [4.69, 9.17) is 5.73 Å². The van der Waals surface area contributed by atoms with Gasteiger partial charge in [0.15, 0.2) is 11.6 Å². The van der Waals surface area contributed by atoms with Gasteiger partial charge in [0.05, 0.1) is 0 Å². The molecule has 0 aliphatic carbocycles. The fraction of sp³-hybridized carbons (Fsp3) is 0.571. The topological polar surface area (TPSA) is 29.3 Å². The van der Waals surface area contributed by atoms with Crippen LogP contribution < -0.4 is 5.73 Å². The summed E-state index contributed by atoms with van der Waals surface area (Å²) >= 11 is 0. The molecule has 0 radical (unpaired) electrons. The Morgan fingerprint density at radius 2 is 2.00 bits per heavy atom. The van der Waals surface area contributed by atoms with Gasteiger partial charge in [-0.15, -0.1) is 0 Å². The van der Waals surface area contributed by atoms with E-state index in [1.807, 2.05) is 11.9 Å². The zero-order valence-electron chi connectivity index (χ0n) is 11.3. The minimum atomic E-state index is -0.817. The number of nitrogens with two attached hydrogens (primary N) is 1. The molecule has 1 rings (SSSR count). The standard InChI is InChI=1S/C14H22F2N2/c1-4-10(2)9-18(3)13(8-17)11-6-5-7-12(15)14(11)16/h5-7,10,13H,4,8-9,17H2,1-3H3. The van der Waals surface area contributed by atoms with Crippen LogP contribution in [0.15, 0.2) is 18.2 Å². The average molecular weight is 256 g/mol. The molecular weight excluding hydrogens is 234 g/mol. The predicted octanol–water partition coefficient (Wildman–Crippen LogP) is 2.94. The van der Waals surface area contributed by atoms with Crippen molar-refractivity contribution in [2.45, 2.75) is 26.3 Å². The predicted molar refractivity (Wildman–Crippen MR) is 70.2 cm³/mol. The highest BCUT2D eigenvalue weighted by Gasteiger charge is 2.21. The number of halogens is 2. The second-order valence-electron chi connectivity index (χ2n) is 4.85. The third-order valence-electron chi connectivity index (χ3n) is 3.39. The van der Waals surface area contributed by atoms with Crippen molar-refractivity contribution in [1.82, 2.24) is 4.90 Å². The minimum Gasteiger partial charge on any atom is -0.329 e. The zero-order chi connectivity index (χ0) is 13.7. The van der Waals surface area contributed by atoms with E-state index in [0.29, 0.717) is 11.5 Å². The molecular formula is C14H22F2N2. The summed E-state index contributed by atoms with van der Waals surface area (Å²) in [7, 11) is 1.90. The molecule has 2 unspecified atom stereocenters. The smallest absolute Gasteiger partial charge is 0.163 e. The molecule has 2 nitrogen and oxygen atoms in total. The SMILES string of the molecule is CCC(C)CN(C)C(CN)c1cccc(F)c1F. The van der Waals surface area contributed by atoms with Crippen molar-refractivity contribution >= 4 is 0 Å². The molecule has 4 heteroatoms. The third-order valence-corrected chi connectivity index (χ3v) is 3.39. The summed E-state index contributed by atoms with van der Waals surface area (Å²) in [6.45, 7) is 5.33. The van der Waals surface area contributed by atoms with Crippen molar-refractivity contribution in [3.05, 3.63) is 35.4 Å². The first kappa shape index (κ1) is 15.1. The highest BCUT2D eigenvalue weighted by atomic mass is 19.2. The fourth-order valence-electron chi connectivity index (χ4n) is 2.07. The van der Waals surface area contributed by atoms with Crippen molar-refractivity contribution in [3.63, 3.8) is 0 Å². The molecule has 0 aliphatic rings. The molecule has 0 saturated carbocycles. The summed E-state index contributed by atoms with van der Waals surface area (Å²) in [6.07, 6.45) is 1.05. The monoisotopic (exact) mass is 256 g/mol. The molecule has 18 heavy (non-hydrogen) atoms. The van der Waals surface area contributed by atoms with Crippen LogP contribution in [0.1, 0.15) is 31.9 Å². The summed E-state index contributed by atoms with van der Waals surface area (Å²) < 4.78 is 27.0. The van der Waals surface area contributed by atoms with Crippen LogP contribution in [0, 0.1) is 17.6 Å². The quantitative estimate of drug-likeness (QED) is 0.848. The average Bonchev–Trinajstić information content (AvgIpc) is 2.35. The summed E-state index contributed by atoms with van der Waals surface area (Å²) in [5.41, 5.74) is 6.05. The molecule has 1 aromatic carbocycles. The molecule has 0 heterocycles. The Morgan fingerprint density at radius 3 is 2.56 bits per heavy atom. The largest absolute Gasteiger partial charge is 0.329 e. The van der Waals surface area contributed by atoms with Gasteiger partial charge in [-0.3, -0.25) is 4.90 Å². The second kappa shape index (κ2) is 6.81. The van der Waals surface area contributed by atoms with Crippen LogP contribution in [0.25, 0.3) is 0 Å². The third kappa shape index (κ3) is 3.50. The molecule has 102 valence electrons. The number of hydrogen-bond acceptors (Lipinski definition) is 2. The van der Waals surface area contributed by atoms with Crippen LogP contribution >= 0.6 is 0 Å². The summed E-state index contributed by atoms with van der Waals surface area (Å²) in [6, 6.07) is 3.96. The molecule has 0 bridgehead atoms. The van der Waals surface area contributed by atoms with Crippen LogP contribution in [0.4, 0.5) is 8.78 Å². The maximum Gasteiger partial charge on any atom is 0.163 e. The highest BCUT2D eigenvalue weighted by molar-refractivity contribution is 5.23. The zero-order valence-corrected chi connectivity index (χ0v) is 11.3. The molecule has 0 amide bonds. The van der Waals surface area contributed by atoms with Gasteiger partial charge < -0.3 is 5.73 Å². The van der Waals surface area contributed by atoms with Crippen molar-refractivity contribution in [3.8, 4) is 0 Å². The van der Waals surface area contributed by atoms with Crippen LogP contribution in [0.2, 0.25) is 0 Å². The van der Waals surface area contributed by atoms with E-state index in [-0.39, 0.29) is 12.6 Å². The van der Waals surface area contributed by atoms with Gasteiger partial charge >= 0.3 is 0 Å². The Labute approximate surface area is 108 Å². The Balaban J connectivity index is 2.91. The molecule has 2 atom stereocenters. The molecule has 0 spiro atoms. The van der Waals surface area contributed by atoms with E-state index in [0.717, 1.165) is 19.0 Å². The normalized spacial score (nSPS) is 14.8. The molecule has 0 fully saturated rings. The first-order chi connectivity index (χ1) is 8.51. The van der Waals surface area contributed by atoms with Gasteiger partial charge in [-0.1, -0.05) is 32.4 Å². The van der Waals surface area contributed by atoms with Gasteiger partial charge in [0.1, 0.15) is 0 Å². The van der Waals surface area contributed by atoms with Crippen molar-refractivity contribution in [1.29, 1.82) is 0 Å². The lowest BCUT2D eigenvalue weighted by molar-refractivity contribution is 0.210. The van der Waals surface area contributed by atoms with Crippen molar-refractivity contribution in [2.75, 3.05) is 20.1 Å². The second-order valence-corrected chi connectivity index (χ2v) is 4.85. The van der Waals surface area contributed by atoms with Gasteiger partial charge in [0.2, 0.25) is 0 Å². The Morgan fingerprint density at radius 1 is 1.33 bits per heavy atom. The highest BCUT2D eigenvalue weighted by Crippen LogP contribution is 2.24. The van der Waals surface area contributed by atoms with Crippen molar-refractivity contribution in [2.24, 2.45) is 11.7 Å². The van der Waals surface area contributed by atoms with E-state index in [1.54, 1.807) is 6.07 Å². The van der Waals surface area contributed by atoms with E-state index in [2.05, 4.69) is 13.8 Å². The van der Waals surface area contributed by atoms with E-state index in [9.17, 15) is 8.78 Å². The summed E-state index contributed by atoms with van der Waals surface area (Å²) in [5, 5.41) is 0. The Hall–Kier alpha value is -1.00. The molecule has 0 saturated heterocycles. The number of likely N-dealkylation sites (N-methyl/N-ethyl adjacent to an activating group) is 1. The van der Waals surface area contributed by atoms with E-state index < -0.39 is 11.6 Å². The fourth-order valence-corrected chi connectivity index (χ4v) is 2.07. The van der Waals surface area contributed by atoms with Crippen molar-refractivity contribution < 1.29 is 8.78 Å². The minimum absolute atomic E-state index is 0.271. The van der Waals surface area contributed by atoms with Crippen LogP contribution in [-0.2, 0) is 0 Å². The molecule has 0 aliphatic heterocycles. The van der Waals surface area contributed by atoms with Gasteiger partial charge in [-0.05, 0) is 19.0 Å². The van der Waals surface area contributed by atoms with Crippen LogP contribution in [0.3, 0.4) is 0 Å². The molecule has 2 N–H and O–H groups in total. The van der Waals surface area contributed by atoms with Gasteiger partial charge in [0, 0.05) is 24.7 Å². The Kier molecular flexibility index (Phi) is 5.69. The number of nitrogens with zero attached hydrogens (tertiary/aromatic N) is 1. The van der Waals surface area contributed by atoms with E-state index in [1.165, 1.54) is 6.07 Å². The van der Waals surface area contributed by atoms with Gasteiger partial charge in [0.25, 0.3) is 0 Å². The number of benzene rings is 1. The van der Waals surface area contributed by atoms with Gasteiger partial charge in [-0.2, -0.15) is 0 Å². The maximum absolute atomic E-state index is 13.8. The first-order valence-corrected chi connectivity index (χ1v) is 6.35. The van der Waals surface area contributed by atoms with Crippen LogP contribution in [0.5, 0.6) is 0 Å². The van der Waals surface area contributed by atoms with Crippen LogP contribution in [-0.4, -0.2) is 25.0 Å². The lowest BCUT2D eigenvalue weighted by Crippen LogP contribution is -2.34. The lowest BCUT2D eigenvalue weighted by atomic mass is 10.0. The number of hydrogen-bond donors (Lipinski definition) is 1. The molecule has 0 aromatic heterocycles. The Bertz CT molecular complexity index is 382. The lowest BCUT2D eigenvalue weighted by Gasteiger charge is -2.29. The van der Waals surface area contributed by atoms with Gasteiger partial charge in [-0.25, -0.2) is 8.78 Å². The number of rotatable bonds is 6. The maximum atomic E-state index is 13.8. The molecule has 1 aromatic rings. The first-order valence-electron chi connectivity index (χ1n) is 6.35.